The summed E-state index contributed by atoms with van der Waals surface area (Å²) in [4.78, 5) is 0. The minimum absolute atomic E-state index is 1.06. The number of hydrogen-bond donors (Lipinski definition) is 0. The minimum atomic E-state index is 1.06. The van der Waals surface area contributed by atoms with E-state index in [-0.39, 0.29) is 0 Å². The molecule has 0 saturated carbocycles. The molecule has 0 unspecified atom stereocenters. The van der Waals surface area contributed by atoms with Crippen molar-refractivity contribution in [2.45, 2.75) is 0 Å². The van der Waals surface area contributed by atoms with Crippen molar-refractivity contribution in [1.29, 1.82) is 0 Å². The normalized spacial score (nSPS) is 1.50. The van der Waals surface area contributed by atoms with Gasteiger partial charge in [0, 0.05) is 0 Å². The van der Waals surface area contributed by atoms with Gasteiger partial charge in [-0.3, -0.25) is 0 Å². The summed E-state index contributed by atoms with van der Waals surface area (Å²) in [5, 5.41) is 0. The summed E-state index contributed by atoms with van der Waals surface area (Å²) < 4.78 is 15.9. The molecule has 0 aliphatic carbocycles. The van der Waals surface area contributed by atoms with Crippen molar-refractivity contribution >= 4 is 7.72 Å². The Labute approximate surface area is 34.2 Å². The molecule has 0 N–H and O–H groups in total. The van der Waals surface area contributed by atoms with E-state index in [1.165, 1.54) is 0 Å². The summed E-state index contributed by atoms with van der Waals surface area (Å²) in [5.74, 6) is 0. The number of rotatable bonds is 0. The van der Waals surface area contributed by atoms with Crippen LogP contribution in [0, 0.1) is 0 Å². The molecule has 4 heteroatoms. The first-order valence-corrected chi connectivity index (χ1v) is 0.988. The van der Waals surface area contributed by atoms with Crippen LogP contribution < -0.4 is 0 Å². The van der Waals surface area contributed by atoms with Crippen molar-refractivity contribution in [3.8, 4) is 0 Å². The van der Waals surface area contributed by atoms with E-state index in [9.17, 15) is 0 Å². The summed E-state index contributed by atoms with van der Waals surface area (Å²) in [6.45, 7) is 0. The Morgan fingerprint density at radius 1 is 1.25 bits per heavy atom. The van der Waals surface area contributed by atoms with Gasteiger partial charge in [-0.1, -0.05) is 0 Å². The van der Waals surface area contributed by atoms with Crippen LogP contribution in [0.1, 0.15) is 0 Å². The molecule has 0 amide bonds. The van der Waals surface area contributed by atoms with Gasteiger partial charge in [0.2, 0.25) is 0 Å². The fraction of sp³-hybridized carbons (Fsp3) is 0. The summed E-state index contributed by atoms with van der Waals surface area (Å²) >= 11 is 1.06. The Hall–Kier alpha value is 0.249. The first-order valence-electron chi connectivity index (χ1n) is 0.418. The molecule has 0 heterocycles. The van der Waals surface area contributed by atoms with Gasteiger partial charge in [0.25, 0.3) is 0 Å². The Kier molecular flexibility index (Phi) is 586. The van der Waals surface area contributed by atoms with Gasteiger partial charge >= 0.3 is 33.5 Å². The van der Waals surface area contributed by atoms with Crippen molar-refractivity contribution in [1.82, 2.24) is 0 Å². The molecule has 0 saturated heterocycles. The first-order chi connectivity index (χ1) is 2.00. The van der Waals surface area contributed by atoms with Gasteiger partial charge in [0.05, 0.1) is 0 Å². The Balaban J connectivity index is 0. The second-order valence-corrected chi connectivity index (χ2v) is 0. The molecule has 0 rings (SSSR count). The van der Waals surface area contributed by atoms with Gasteiger partial charge in [-0.25, -0.2) is 0 Å². The van der Waals surface area contributed by atoms with Gasteiger partial charge in [0.1, 0.15) is 0 Å². The predicted octanol–water partition coefficient (Wildman–Crippen LogP) is -0.621. The van der Waals surface area contributed by atoms with E-state index in [0.29, 0.717) is 0 Å². The first kappa shape index (κ1) is 8.87. The summed E-state index contributed by atoms with van der Waals surface area (Å²) in [7, 11) is 3.25. The molecule has 20 valence electrons. The van der Waals surface area contributed by atoms with Gasteiger partial charge in [-0.05, 0) is 0 Å². The molecule has 0 bridgehead atoms. The average Bonchev–Trinajstić information content (AvgIpc) is 1.50. The van der Waals surface area contributed by atoms with Crippen molar-refractivity contribution in [2.24, 2.45) is 0 Å². The summed E-state index contributed by atoms with van der Waals surface area (Å²) in [5.41, 5.74) is 0. The quantitative estimate of drug-likeness (QED) is 0.374. The van der Waals surface area contributed by atoms with Crippen LogP contribution in [-0.4, -0.2) is 7.72 Å². The topological polar surface area (TPSA) is 34.1 Å². The average molecular weight is 93.8 g/mol. The fourth-order valence-electron chi connectivity index (χ4n) is 0. The van der Waals surface area contributed by atoms with E-state index >= 15 is 0 Å². The molecule has 0 aliphatic heterocycles. The van der Waals surface area contributed by atoms with E-state index in [4.69, 9.17) is 8.38 Å². The van der Waals surface area contributed by atoms with Crippen LogP contribution in [0.15, 0.2) is 0 Å². The van der Waals surface area contributed by atoms with E-state index < -0.39 is 0 Å². The van der Waals surface area contributed by atoms with Crippen LogP contribution >= 0.6 is 0 Å². The Morgan fingerprint density at radius 2 is 1.25 bits per heavy atom. The maximum atomic E-state index is 8.19. The Morgan fingerprint density at radius 3 is 1.25 bits per heavy atom. The Bertz CT molecular complexity index is 8.00. The van der Waals surface area contributed by atoms with E-state index in [2.05, 4.69) is 7.72 Å². The molecular formula is BO2V. The van der Waals surface area contributed by atoms with Crippen LogP contribution in [0.5, 0.6) is 0 Å². The summed E-state index contributed by atoms with van der Waals surface area (Å²) in [6.07, 6.45) is 0. The van der Waals surface area contributed by atoms with Gasteiger partial charge in [0.15, 0.2) is 0 Å². The maximum absolute atomic E-state index is 8.19. The zero-order valence-corrected chi connectivity index (χ0v) is 3.24. The van der Waals surface area contributed by atoms with Crippen molar-refractivity contribution in [3.63, 3.8) is 0 Å². The van der Waals surface area contributed by atoms with E-state index in [0.717, 1.165) is 17.4 Å². The molecule has 2 nitrogen and oxygen atoms in total. The molecule has 4 heavy (non-hydrogen) atoms. The van der Waals surface area contributed by atoms with Crippen LogP contribution in [0.2, 0.25) is 0 Å². The molecule has 0 aromatic carbocycles. The molecule has 0 aliphatic rings. The van der Waals surface area contributed by atoms with E-state index in [1.54, 1.807) is 0 Å². The zero-order valence-electron chi connectivity index (χ0n) is 1.84. The van der Waals surface area contributed by atoms with Gasteiger partial charge in [-0.15, -0.1) is 0 Å². The van der Waals surface area contributed by atoms with E-state index in [1.807, 2.05) is 0 Å². The van der Waals surface area contributed by atoms with Gasteiger partial charge < -0.3 is 0 Å². The molecule has 0 fully saturated rings. The third-order valence-electron chi connectivity index (χ3n) is 0. The molecule has 0 spiro atoms. The molecule has 0 atom stereocenters. The van der Waals surface area contributed by atoms with Crippen LogP contribution in [0.25, 0.3) is 0 Å². The van der Waals surface area contributed by atoms with Crippen LogP contribution in [-0.2, 0) is 25.7 Å². The van der Waals surface area contributed by atoms with Crippen LogP contribution in [0.4, 0.5) is 0 Å². The second kappa shape index (κ2) is 264. The SMILES string of the molecule is [B]=O.[O]=[V]. The van der Waals surface area contributed by atoms with Crippen LogP contribution in [0.3, 0.4) is 0 Å². The van der Waals surface area contributed by atoms with Crippen molar-refractivity contribution in [2.75, 3.05) is 0 Å². The fourth-order valence-corrected chi connectivity index (χ4v) is 0. The third-order valence-corrected chi connectivity index (χ3v) is 0. The predicted molar refractivity (Wildman–Crippen MR) is 7.13 cm³/mol. The standard InChI is InChI=1S/BO.O.V/c1-2;;. The molecule has 0 aromatic rings. The zero-order chi connectivity index (χ0) is 4.00. The van der Waals surface area contributed by atoms with Gasteiger partial charge in [-0.2, -0.15) is 0 Å². The third kappa shape index (κ3) is 56.5. The van der Waals surface area contributed by atoms with Crippen molar-refractivity contribution < 1.29 is 25.7 Å². The number of hydrogen-bond acceptors (Lipinski definition) is 2. The molecular weight excluding hydrogens is 93.8 g/mol. The molecule has 1 radical (unpaired) electrons. The monoisotopic (exact) mass is 93.9 g/mol. The summed E-state index contributed by atoms with van der Waals surface area (Å²) in [6, 6.07) is 0. The second-order valence-electron chi connectivity index (χ2n) is 0. The van der Waals surface area contributed by atoms with Crippen molar-refractivity contribution in [3.05, 3.63) is 0 Å². The molecule has 0 aromatic heterocycles.